The van der Waals surface area contributed by atoms with Crippen LogP contribution in [0.2, 0.25) is 0 Å². The van der Waals surface area contributed by atoms with Gasteiger partial charge in [-0.3, -0.25) is 4.68 Å². The van der Waals surface area contributed by atoms with Gasteiger partial charge in [0.2, 0.25) is 0 Å². The molecule has 1 N–H and O–H groups in total. The number of nitrogens with zero attached hydrogens (tertiary/aromatic N) is 2. The molecule has 0 aromatic carbocycles. The Morgan fingerprint density at radius 2 is 2.11 bits per heavy atom. The van der Waals surface area contributed by atoms with Gasteiger partial charge in [-0.15, -0.1) is 0 Å². The molecular formula is C12H21N3O2S. The quantitative estimate of drug-likeness (QED) is 0.881. The van der Waals surface area contributed by atoms with Crippen LogP contribution >= 0.6 is 0 Å². The topological polar surface area (TPSA) is 64.0 Å². The fraction of sp³-hybridized carbons (Fsp3) is 0.750. The third-order valence-electron chi connectivity index (χ3n) is 3.79. The Balaban J connectivity index is 2.44. The largest absolute Gasteiger partial charge is 0.316 e. The zero-order chi connectivity index (χ0) is 13.6. The van der Waals surface area contributed by atoms with Crippen molar-refractivity contribution >= 4 is 9.84 Å². The second kappa shape index (κ2) is 4.35. The Morgan fingerprint density at radius 1 is 1.44 bits per heavy atom. The summed E-state index contributed by atoms with van der Waals surface area (Å²) >= 11 is 0. The van der Waals surface area contributed by atoms with Crippen LogP contribution in [0, 0.1) is 13.8 Å². The van der Waals surface area contributed by atoms with Crippen molar-refractivity contribution in [2.75, 3.05) is 18.6 Å². The van der Waals surface area contributed by atoms with Crippen molar-refractivity contribution in [1.82, 2.24) is 15.1 Å². The van der Waals surface area contributed by atoms with E-state index in [4.69, 9.17) is 0 Å². The predicted molar refractivity (Wildman–Crippen MR) is 71.4 cm³/mol. The van der Waals surface area contributed by atoms with Crippen molar-refractivity contribution in [2.24, 2.45) is 0 Å². The second-order valence-electron chi connectivity index (χ2n) is 5.43. The first kappa shape index (κ1) is 13.5. The molecule has 0 saturated carbocycles. The Morgan fingerprint density at radius 3 is 2.61 bits per heavy atom. The van der Waals surface area contributed by atoms with Gasteiger partial charge in [-0.25, -0.2) is 8.42 Å². The molecule has 102 valence electrons. The molecule has 1 atom stereocenters. The van der Waals surface area contributed by atoms with E-state index in [1.807, 2.05) is 32.5 Å². The average Bonchev–Trinajstić information content (AvgIpc) is 2.70. The van der Waals surface area contributed by atoms with Crippen LogP contribution in [-0.2, 0) is 21.9 Å². The van der Waals surface area contributed by atoms with Gasteiger partial charge in [-0.1, -0.05) is 0 Å². The SMILES string of the molecule is CNCc1c(C)nn(C2(C)CCS(=O)(=O)C2)c1C. The standard InChI is InChI=1S/C12H21N3O2S/c1-9-11(7-13-4)10(2)15(14-9)12(3)5-6-18(16,17)8-12/h13H,5-8H2,1-4H3. The highest BCUT2D eigenvalue weighted by molar-refractivity contribution is 7.91. The summed E-state index contributed by atoms with van der Waals surface area (Å²) in [5.74, 6) is 0.462. The van der Waals surface area contributed by atoms with Crippen LogP contribution < -0.4 is 5.32 Å². The maximum absolute atomic E-state index is 11.7. The maximum Gasteiger partial charge on any atom is 0.152 e. The molecule has 0 bridgehead atoms. The van der Waals surface area contributed by atoms with E-state index >= 15 is 0 Å². The van der Waals surface area contributed by atoms with Crippen molar-refractivity contribution in [3.8, 4) is 0 Å². The predicted octanol–water partition coefficient (Wildman–Crippen LogP) is 0.753. The zero-order valence-electron chi connectivity index (χ0n) is 11.4. The van der Waals surface area contributed by atoms with Gasteiger partial charge in [0.15, 0.2) is 9.84 Å². The van der Waals surface area contributed by atoms with Crippen LogP contribution in [-0.4, -0.2) is 36.8 Å². The van der Waals surface area contributed by atoms with Gasteiger partial charge in [-0.05, 0) is 34.2 Å². The summed E-state index contributed by atoms with van der Waals surface area (Å²) in [4.78, 5) is 0. The lowest BCUT2D eigenvalue weighted by molar-refractivity contribution is 0.320. The fourth-order valence-electron chi connectivity index (χ4n) is 2.79. The van der Waals surface area contributed by atoms with Crippen molar-refractivity contribution in [1.29, 1.82) is 0 Å². The molecule has 1 aromatic heterocycles. The molecule has 0 amide bonds. The molecule has 0 spiro atoms. The summed E-state index contributed by atoms with van der Waals surface area (Å²) in [6.45, 7) is 6.74. The highest BCUT2D eigenvalue weighted by Crippen LogP contribution is 2.32. The van der Waals surface area contributed by atoms with E-state index in [9.17, 15) is 8.42 Å². The molecule has 1 aliphatic rings. The minimum atomic E-state index is -2.91. The second-order valence-corrected chi connectivity index (χ2v) is 7.61. The average molecular weight is 271 g/mol. The Labute approximate surface area is 108 Å². The summed E-state index contributed by atoms with van der Waals surface area (Å²) in [5.41, 5.74) is 2.83. The van der Waals surface area contributed by atoms with Gasteiger partial charge in [0.05, 0.1) is 22.7 Å². The van der Waals surface area contributed by atoms with Gasteiger partial charge >= 0.3 is 0 Å². The third kappa shape index (κ3) is 2.19. The Bertz CT molecular complexity index is 562. The summed E-state index contributed by atoms with van der Waals surface area (Å²) in [5, 5.41) is 7.69. The van der Waals surface area contributed by atoms with Gasteiger partial charge < -0.3 is 5.32 Å². The van der Waals surface area contributed by atoms with Crippen molar-refractivity contribution in [3.05, 3.63) is 17.0 Å². The smallest absolute Gasteiger partial charge is 0.152 e. The van der Waals surface area contributed by atoms with E-state index in [0.717, 1.165) is 17.9 Å². The van der Waals surface area contributed by atoms with Crippen LogP contribution in [0.15, 0.2) is 0 Å². The first-order valence-corrected chi connectivity index (χ1v) is 8.02. The molecule has 0 radical (unpaired) electrons. The molecule has 2 heterocycles. The van der Waals surface area contributed by atoms with Crippen LogP contribution in [0.4, 0.5) is 0 Å². The molecule has 6 heteroatoms. The number of aryl methyl sites for hydroxylation is 1. The molecule has 2 rings (SSSR count). The van der Waals surface area contributed by atoms with Crippen LogP contribution in [0.5, 0.6) is 0 Å². The van der Waals surface area contributed by atoms with Crippen LogP contribution in [0.25, 0.3) is 0 Å². The summed E-state index contributed by atoms with van der Waals surface area (Å²) in [7, 11) is -1.01. The van der Waals surface area contributed by atoms with E-state index in [2.05, 4.69) is 10.4 Å². The monoisotopic (exact) mass is 271 g/mol. The van der Waals surface area contributed by atoms with Crippen molar-refractivity contribution in [3.63, 3.8) is 0 Å². The maximum atomic E-state index is 11.7. The molecule has 0 aliphatic carbocycles. The lowest BCUT2D eigenvalue weighted by Gasteiger charge is -2.24. The first-order chi connectivity index (χ1) is 8.29. The van der Waals surface area contributed by atoms with E-state index in [1.54, 1.807) is 0 Å². The van der Waals surface area contributed by atoms with E-state index in [1.165, 1.54) is 5.56 Å². The number of rotatable bonds is 3. The number of sulfone groups is 1. The van der Waals surface area contributed by atoms with Gasteiger partial charge in [0.1, 0.15) is 0 Å². The Kier molecular flexibility index (Phi) is 3.27. The van der Waals surface area contributed by atoms with E-state index in [-0.39, 0.29) is 17.0 Å². The van der Waals surface area contributed by atoms with Crippen molar-refractivity contribution < 1.29 is 8.42 Å². The normalized spacial score (nSPS) is 26.7. The zero-order valence-corrected chi connectivity index (χ0v) is 12.3. The summed E-state index contributed by atoms with van der Waals surface area (Å²) in [6, 6.07) is 0. The number of hydrogen-bond acceptors (Lipinski definition) is 4. The highest BCUT2D eigenvalue weighted by atomic mass is 32.2. The van der Waals surface area contributed by atoms with Crippen molar-refractivity contribution in [2.45, 2.75) is 39.3 Å². The number of nitrogens with one attached hydrogen (secondary N) is 1. The molecule has 5 nitrogen and oxygen atoms in total. The van der Waals surface area contributed by atoms with E-state index in [0.29, 0.717) is 6.42 Å². The summed E-state index contributed by atoms with van der Waals surface area (Å²) < 4.78 is 25.3. The first-order valence-electron chi connectivity index (χ1n) is 6.20. The minimum absolute atomic E-state index is 0.195. The van der Waals surface area contributed by atoms with Gasteiger partial charge in [0, 0.05) is 17.8 Å². The lowest BCUT2D eigenvalue weighted by atomic mass is 10.0. The lowest BCUT2D eigenvalue weighted by Crippen LogP contribution is -2.33. The molecule has 1 saturated heterocycles. The minimum Gasteiger partial charge on any atom is -0.316 e. The van der Waals surface area contributed by atoms with E-state index < -0.39 is 9.84 Å². The summed E-state index contributed by atoms with van der Waals surface area (Å²) in [6.07, 6.45) is 0.649. The number of hydrogen-bond donors (Lipinski definition) is 1. The molecule has 1 unspecified atom stereocenters. The molecule has 1 aliphatic heterocycles. The molecular weight excluding hydrogens is 250 g/mol. The molecule has 1 aromatic rings. The highest BCUT2D eigenvalue weighted by Gasteiger charge is 2.41. The third-order valence-corrected chi connectivity index (χ3v) is 5.68. The van der Waals surface area contributed by atoms with Crippen LogP contribution in [0.3, 0.4) is 0 Å². The molecule has 1 fully saturated rings. The molecule has 18 heavy (non-hydrogen) atoms. The fourth-order valence-corrected chi connectivity index (χ4v) is 4.90. The van der Waals surface area contributed by atoms with Crippen LogP contribution in [0.1, 0.15) is 30.3 Å². The van der Waals surface area contributed by atoms with Gasteiger partial charge in [0.25, 0.3) is 0 Å². The van der Waals surface area contributed by atoms with Gasteiger partial charge in [-0.2, -0.15) is 5.10 Å². The number of aromatic nitrogens is 2. The Hall–Kier alpha value is -0.880.